The molecule has 5 nitrogen and oxygen atoms in total. The van der Waals surface area contributed by atoms with Crippen LogP contribution in [0.5, 0.6) is 0 Å². The van der Waals surface area contributed by atoms with Gasteiger partial charge in [0.15, 0.2) is 0 Å². The van der Waals surface area contributed by atoms with E-state index < -0.39 is 10.0 Å². The highest BCUT2D eigenvalue weighted by Gasteiger charge is 2.05. The molecule has 1 rings (SSSR count). The Morgan fingerprint density at radius 1 is 1.47 bits per heavy atom. The lowest BCUT2D eigenvalue weighted by Gasteiger charge is -2.06. The van der Waals surface area contributed by atoms with Crippen molar-refractivity contribution in [3.63, 3.8) is 0 Å². The maximum atomic E-state index is 11.1. The van der Waals surface area contributed by atoms with Crippen LogP contribution in [0.1, 0.15) is 5.69 Å². The smallest absolute Gasteiger partial charge is 0.212 e. The predicted octanol–water partition coefficient (Wildman–Crippen LogP) is -0.336. The Morgan fingerprint density at radius 3 is 2.73 bits per heavy atom. The fourth-order valence-corrected chi connectivity index (χ4v) is 1.82. The van der Waals surface area contributed by atoms with Crippen molar-refractivity contribution in [2.45, 2.75) is 6.54 Å². The van der Waals surface area contributed by atoms with Crippen LogP contribution in [0.4, 0.5) is 0 Å². The van der Waals surface area contributed by atoms with Crippen LogP contribution in [0.3, 0.4) is 0 Å². The van der Waals surface area contributed by atoms with Gasteiger partial charge >= 0.3 is 0 Å². The summed E-state index contributed by atoms with van der Waals surface area (Å²) in [6.45, 7) is 1.14. The molecule has 1 heterocycles. The van der Waals surface area contributed by atoms with E-state index in [4.69, 9.17) is 0 Å². The largest absolute Gasteiger partial charge is 0.353 e. The second-order valence-electron chi connectivity index (χ2n) is 3.31. The fourth-order valence-electron chi connectivity index (χ4n) is 1.21. The Bertz CT molecular complexity index is 397. The molecule has 2 N–H and O–H groups in total. The van der Waals surface area contributed by atoms with Gasteiger partial charge in [-0.3, -0.25) is 0 Å². The molecule has 0 aliphatic heterocycles. The first-order valence-corrected chi connectivity index (χ1v) is 6.42. The molecular formula is C9H17N3O2S. The number of sulfonamides is 1. The van der Waals surface area contributed by atoms with E-state index >= 15 is 0 Å². The minimum Gasteiger partial charge on any atom is -0.353 e. The summed E-state index contributed by atoms with van der Waals surface area (Å²) >= 11 is 0. The summed E-state index contributed by atoms with van der Waals surface area (Å²) in [5.74, 6) is 0.105. The number of rotatable bonds is 6. The summed E-state index contributed by atoms with van der Waals surface area (Å²) in [5, 5.41) is 3.08. The topological polar surface area (TPSA) is 63.1 Å². The van der Waals surface area contributed by atoms with Crippen LogP contribution in [0.25, 0.3) is 0 Å². The molecule has 0 aromatic carbocycles. The van der Waals surface area contributed by atoms with Crippen LogP contribution in [0, 0.1) is 0 Å². The molecule has 1 aromatic heterocycles. The third-order valence-electron chi connectivity index (χ3n) is 2.22. The lowest BCUT2D eigenvalue weighted by molar-refractivity contribution is 0.581. The molecular weight excluding hydrogens is 214 g/mol. The fraction of sp³-hybridized carbons (Fsp3) is 0.556. The van der Waals surface area contributed by atoms with Crippen molar-refractivity contribution < 1.29 is 8.42 Å². The van der Waals surface area contributed by atoms with E-state index in [1.54, 1.807) is 0 Å². The third kappa shape index (κ3) is 4.03. The minimum absolute atomic E-state index is 0.105. The van der Waals surface area contributed by atoms with Gasteiger partial charge in [0.25, 0.3) is 0 Å². The number of hydrogen-bond acceptors (Lipinski definition) is 3. The van der Waals surface area contributed by atoms with Gasteiger partial charge in [0, 0.05) is 32.0 Å². The summed E-state index contributed by atoms with van der Waals surface area (Å²) < 4.78 is 26.4. The number of nitrogens with zero attached hydrogens (tertiary/aromatic N) is 1. The quantitative estimate of drug-likeness (QED) is 0.659. The molecule has 0 bridgehead atoms. The average Bonchev–Trinajstić information content (AvgIpc) is 2.59. The van der Waals surface area contributed by atoms with Crippen molar-refractivity contribution in [2.75, 3.05) is 19.3 Å². The van der Waals surface area contributed by atoms with Gasteiger partial charge in [0.1, 0.15) is 0 Å². The van der Waals surface area contributed by atoms with Crippen LogP contribution < -0.4 is 10.0 Å². The molecule has 0 saturated carbocycles. The summed E-state index contributed by atoms with van der Waals surface area (Å²) in [6, 6.07) is 3.96. The van der Waals surface area contributed by atoms with Gasteiger partial charge < -0.3 is 9.88 Å². The number of nitrogens with one attached hydrogen (secondary N) is 2. The van der Waals surface area contributed by atoms with E-state index in [1.807, 2.05) is 29.9 Å². The van der Waals surface area contributed by atoms with Crippen molar-refractivity contribution in [3.8, 4) is 0 Å². The molecule has 0 amide bonds. The lowest BCUT2D eigenvalue weighted by atomic mass is 10.4. The van der Waals surface area contributed by atoms with E-state index in [-0.39, 0.29) is 5.75 Å². The molecule has 0 unspecified atom stereocenters. The second kappa shape index (κ2) is 5.29. The van der Waals surface area contributed by atoms with Crippen molar-refractivity contribution in [2.24, 2.45) is 7.05 Å². The Labute approximate surface area is 90.5 Å². The molecule has 1 aromatic rings. The summed E-state index contributed by atoms with van der Waals surface area (Å²) in [4.78, 5) is 0. The SMILES string of the molecule is CNS(=O)(=O)CCNCc1cccn1C. The zero-order valence-electron chi connectivity index (χ0n) is 9.03. The zero-order chi connectivity index (χ0) is 11.3. The van der Waals surface area contributed by atoms with Crippen LogP contribution >= 0.6 is 0 Å². The van der Waals surface area contributed by atoms with E-state index in [9.17, 15) is 8.42 Å². The normalized spacial score (nSPS) is 11.9. The van der Waals surface area contributed by atoms with Crippen molar-refractivity contribution in [1.82, 2.24) is 14.6 Å². The van der Waals surface area contributed by atoms with Gasteiger partial charge in [-0.1, -0.05) is 0 Å². The van der Waals surface area contributed by atoms with Gasteiger partial charge in [-0.15, -0.1) is 0 Å². The zero-order valence-corrected chi connectivity index (χ0v) is 9.84. The van der Waals surface area contributed by atoms with E-state index in [2.05, 4.69) is 10.0 Å². The molecule has 0 atom stereocenters. The van der Waals surface area contributed by atoms with Crippen LogP contribution in [0.2, 0.25) is 0 Å². The first-order valence-electron chi connectivity index (χ1n) is 4.77. The number of aryl methyl sites for hydroxylation is 1. The first kappa shape index (κ1) is 12.2. The third-order valence-corrected chi connectivity index (χ3v) is 3.58. The van der Waals surface area contributed by atoms with Gasteiger partial charge in [-0.05, 0) is 19.2 Å². The summed E-state index contributed by atoms with van der Waals surface area (Å²) in [6.07, 6.45) is 1.96. The van der Waals surface area contributed by atoms with Crippen LogP contribution in [0.15, 0.2) is 18.3 Å². The molecule has 0 spiro atoms. The van der Waals surface area contributed by atoms with E-state index in [0.29, 0.717) is 13.1 Å². The monoisotopic (exact) mass is 231 g/mol. The minimum atomic E-state index is -3.09. The van der Waals surface area contributed by atoms with Crippen LogP contribution in [-0.2, 0) is 23.6 Å². The van der Waals surface area contributed by atoms with Gasteiger partial charge in [-0.2, -0.15) is 0 Å². The Hall–Kier alpha value is -0.850. The van der Waals surface area contributed by atoms with Crippen LogP contribution in [-0.4, -0.2) is 32.3 Å². The molecule has 0 fully saturated rings. The highest BCUT2D eigenvalue weighted by atomic mass is 32.2. The van der Waals surface area contributed by atoms with E-state index in [1.165, 1.54) is 7.05 Å². The maximum Gasteiger partial charge on any atom is 0.212 e. The lowest BCUT2D eigenvalue weighted by Crippen LogP contribution is -2.29. The molecule has 0 saturated heterocycles. The molecule has 6 heteroatoms. The van der Waals surface area contributed by atoms with Crippen molar-refractivity contribution >= 4 is 10.0 Å². The van der Waals surface area contributed by atoms with Gasteiger partial charge in [-0.25, -0.2) is 13.1 Å². The Kier molecular flexibility index (Phi) is 4.31. The number of hydrogen-bond donors (Lipinski definition) is 2. The highest BCUT2D eigenvalue weighted by Crippen LogP contribution is 1.97. The van der Waals surface area contributed by atoms with Gasteiger partial charge in [0.2, 0.25) is 10.0 Å². The van der Waals surface area contributed by atoms with Crippen molar-refractivity contribution in [1.29, 1.82) is 0 Å². The number of aromatic nitrogens is 1. The molecule has 0 aliphatic carbocycles. The standard InChI is InChI=1S/C9H17N3O2S/c1-10-15(13,14)7-5-11-8-9-4-3-6-12(9)2/h3-4,6,10-11H,5,7-8H2,1-2H3. The van der Waals surface area contributed by atoms with E-state index in [0.717, 1.165) is 5.69 Å². The second-order valence-corrected chi connectivity index (χ2v) is 5.36. The Morgan fingerprint density at radius 2 is 2.20 bits per heavy atom. The predicted molar refractivity (Wildman–Crippen MR) is 60.0 cm³/mol. The van der Waals surface area contributed by atoms with Gasteiger partial charge in [0.05, 0.1) is 5.75 Å². The first-order chi connectivity index (χ1) is 7.05. The molecule has 15 heavy (non-hydrogen) atoms. The maximum absolute atomic E-state index is 11.1. The summed E-state index contributed by atoms with van der Waals surface area (Å²) in [7, 11) is 0.293. The average molecular weight is 231 g/mol. The molecule has 86 valence electrons. The molecule has 0 radical (unpaired) electrons. The Balaban J connectivity index is 2.26. The molecule has 0 aliphatic rings. The highest BCUT2D eigenvalue weighted by molar-refractivity contribution is 7.89. The summed E-state index contributed by atoms with van der Waals surface area (Å²) in [5.41, 5.74) is 1.14. The van der Waals surface area contributed by atoms with Crippen molar-refractivity contribution in [3.05, 3.63) is 24.0 Å².